The Kier molecular flexibility index (Phi) is 7.36. The van der Waals surface area contributed by atoms with E-state index in [-0.39, 0.29) is 0 Å². The molecule has 0 N–H and O–H groups in total. The van der Waals surface area contributed by atoms with Crippen molar-refractivity contribution in [2.24, 2.45) is 0 Å². The van der Waals surface area contributed by atoms with E-state index >= 15 is 0 Å². The molecule has 0 unspecified atom stereocenters. The first-order valence-electron chi connectivity index (χ1n) is 6.18. The Labute approximate surface area is 144 Å². The average molecular weight is 392 g/mol. The van der Waals surface area contributed by atoms with Gasteiger partial charge in [-0.3, -0.25) is 0 Å². The molecule has 0 saturated heterocycles. The lowest BCUT2D eigenvalue weighted by molar-refractivity contribution is 0.414. The van der Waals surface area contributed by atoms with Gasteiger partial charge in [-0.05, 0) is 49.2 Å². The lowest BCUT2D eigenvalue weighted by atomic mass is 10.2. The highest BCUT2D eigenvalue weighted by Gasteiger charge is 2.02. The second kappa shape index (κ2) is 8.52. The molecule has 0 atom stereocenters. The fraction of sp³-hybridized carbons (Fsp3) is 0.250. The highest BCUT2D eigenvalue weighted by atomic mass is 79.9. The minimum atomic E-state index is 0.719. The smallest absolute Gasteiger partial charge is 0.121 e. The number of aryl methyl sites for hydroxylation is 1. The van der Waals surface area contributed by atoms with Crippen LogP contribution in [-0.4, -0.2) is 14.2 Å². The summed E-state index contributed by atoms with van der Waals surface area (Å²) in [7, 11) is 3.24. The van der Waals surface area contributed by atoms with Crippen LogP contribution >= 0.6 is 39.1 Å². The van der Waals surface area contributed by atoms with E-state index in [9.17, 15) is 0 Å². The van der Waals surface area contributed by atoms with Gasteiger partial charge in [0.2, 0.25) is 0 Å². The number of halogens is 3. The van der Waals surface area contributed by atoms with E-state index in [1.165, 1.54) is 0 Å². The van der Waals surface area contributed by atoms with Crippen molar-refractivity contribution in [1.82, 2.24) is 0 Å². The van der Waals surface area contributed by atoms with Crippen LogP contribution in [0.3, 0.4) is 0 Å². The van der Waals surface area contributed by atoms with Gasteiger partial charge in [-0.1, -0.05) is 45.2 Å². The summed E-state index contributed by atoms with van der Waals surface area (Å²) in [5, 5.41) is 1.47. The van der Waals surface area contributed by atoms with E-state index in [1.54, 1.807) is 26.4 Å². The number of hydrogen-bond acceptors (Lipinski definition) is 2. The molecule has 2 rings (SSSR count). The molecule has 0 heterocycles. The SMILES string of the molecule is COc1cc(Cl)c(C)c(Br)c1.COc1ccc(C)c(Cl)c1. The van der Waals surface area contributed by atoms with Gasteiger partial charge >= 0.3 is 0 Å². The van der Waals surface area contributed by atoms with Crippen molar-refractivity contribution in [1.29, 1.82) is 0 Å². The van der Waals surface area contributed by atoms with Gasteiger partial charge in [0.25, 0.3) is 0 Å². The second-order valence-corrected chi connectivity index (χ2v) is 6.00. The van der Waals surface area contributed by atoms with Gasteiger partial charge in [-0.25, -0.2) is 0 Å². The first kappa shape index (κ1) is 18.1. The van der Waals surface area contributed by atoms with E-state index in [1.807, 2.05) is 32.0 Å². The topological polar surface area (TPSA) is 18.5 Å². The first-order chi connectivity index (χ1) is 9.88. The highest BCUT2D eigenvalue weighted by Crippen LogP contribution is 2.29. The summed E-state index contributed by atoms with van der Waals surface area (Å²) in [6.45, 7) is 3.91. The summed E-state index contributed by atoms with van der Waals surface area (Å²) in [5.74, 6) is 1.57. The maximum absolute atomic E-state index is 5.89. The molecule has 0 spiro atoms. The third-order valence-corrected chi connectivity index (χ3v) is 4.49. The Morgan fingerprint density at radius 1 is 0.857 bits per heavy atom. The van der Waals surface area contributed by atoms with Gasteiger partial charge in [-0.15, -0.1) is 0 Å². The van der Waals surface area contributed by atoms with Crippen molar-refractivity contribution < 1.29 is 9.47 Å². The third kappa shape index (κ3) is 5.42. The monoisotopic (exact) mass is 390 g/mol. The Morgan fingerprint density at radius 2 is 1.43 bits per heavy atom. The molecule has 0 amide bonds. The molecule has 0 aliphatic heterocycles. The van der Waals surface area contributed by atoms with Crippen LogP contribution in [0.1, 0.15) is 11.1 Å². The molecule has 0 aliphatic rings. The van der Waals surface area contributed by atoms with Gasteiger partial charge in [0, 0.05) is 14.5 Å². The van der Waals surface area contributed by atoms with Gasteiger partial charge in [0.1, 0.15) is 11.5 Å². The van der Waals surface area contributed by atoms with E-state index in [0.29, 0.717) is 0 Å². The summed E-state index contributed by atoms with van der Waals surface area (Å²) in [4.78, 5) is 0. The average Bonchev–Trinajstić information content (AvgIpc) is 2.47. The lowest BCUT2D eigenvalue weighted by Crippen LogP contribution is -1.84. The quantitative estimate of drug-likeness (QED) is 0.617. The third-order valence-electron chi connectivity index (χ3n) is 2.87. The summed E-state index contributed by atoms with van der Waals surface area (Å²) < 4.78 is 11.0. The van der Waals surface area contributed by atoms with Gasteiger partial charge in [-0.2, -0.15) is 0 Å². The van der Waals surface area contributed by atoms with Crippen molar-refractivity contribution in [3.8, 4) is 11.5 Å². The minimum absolute atomic E-state index is 0.719. The molecule has 5 heteroatoms. The molecule has 21 heavy (non-hydrogen) atoms. The van der Waals surface area contributed by atoms with Crippen LogP contribution in [0.5, 0.6) is 11.5 Å². The van der Waals surface area contributed by atoms with Crippen LogP contribution in [0.25, 0.3) is 0 Å². The molecule has 0 saturated carbocycles. The van der Waals surface area contributed by atoms with Gasteiger partial charge < -0.3 is 9.47 Å². The summed E-state index contributed by atoms with van der Waals surface area (Å²) in [6.07, 6.45) is 0. The van der Waals surface area contributed by atoms with Crippen LogP contribution in [0.2, 0.25) is 10.0 Å². The van der Waals surface area contributed by atoms with E-state index in [4.69, 9.17) is 32.7 Å². The zero-order valence-corrected chi connectivity index (χ0v) is 15.4. The first-order valence-corrected chi connectivity index (χ1v) is 7.73. The standard InChI is InChI=1S/C8H8BrClO.C8H9ClO/c1-5-7(9)3-6(11-2)4-8(5)10;1-6-3-4-7(10-2)5-8(6)9/h3-4H,1-2H3;3-5H,1-2H3. The molecule has 2 aromatic carbocycles. The van der Waals surface area contributed by atoms with Crippen LogP contribution in [-0.2, 0) is 0 Å². The normalized spacial score (nSPS) is 9.67. The molecule has 0 bridgehead atoms. The van der Waals surface area contributed by atoms with Crippen LogP contribution < -0.4 is 9.47 Å². The van der Waals surface area contributed by atoms with Crippen LogP contribution in [0.15, 0.2) is 34.8 Å². The number of methoxy groups -OCH3 is 2. The molecular weight excluding hydrogens is 375 g/mol. The van der Waals surface area contributed by atoms with Gasteiger partial charge in [0.05, 0.1) is 14.2 Å². The maximum Gasteiger partial charge on any atom is 0.121 e. The predicted molar refractivity (Wildman–Crippen MR) is 93.2 cm³/mol. The Bertz CT molecular complexity index is 592. The van der Waals surface area contributed by atoms with Crippen molar-refractivity contribution >= 4 is 39.1 Å². The second-order valence-electron chi connectivity index (χ2n) is 4.33. The zero-order chi connectivity index (χ0) is 16.0. The molecule has 0 radical (unpaired) electrons. The number of rotatable bonds is 2. The lowest BCUT2D eigenvalue weighted by Gasteiger charge is -2.04. The summed E-state index contributed by atoms with van der Waals surface area (Å²) >= 11 is 15.1. The van der Waals surface area contributed by atoms with E-state index in [2.05, 4.69) is 15.9 Å². The molecule has 2 nitrogen and oxygen atoms in total. The summed E-state index contributed by atoms with van der Waals surface area (Å²) in [5.41, 5.74) is 2.11. The molecule has 0 fully saturated rings. The van der Waals surface area contributed by atoms with Crippen LogP contribution in [0.4, 0.5) is 0 Å². The van der Waals surface area contributed by atoms with E-state index < -0.39 is 0 Å². The number of hydrogen-bond donors (Lipinski definition) is 0. The summed E-state index contributed by atoms with van der Waals surface area (Å²) in [6, 6.07) is 9.31. The Hall–Kier alpha value is -0.900. The fourth-order valence-electron chi connectivity index (χ4n) is 1.44. The molecule has 114 valence electrons. The van der Waals surface area contributed by atoms with Crippen LogP contribution in [0, 0.1) is 13.8 Å². The Balaban J connectivity index is 0.000000211. The molecule has 0 aliphatic carbocycles. The fourth-order valence-corrected chi connectivity index (χ4v) is 2.37. The molecule has 0 aromatic heterocycles. The Morgan fingerprint density at radius 3 is 1.90 bits per heavy atom. The van der Waals surface area contributed by atoms with Crippen molar-refractivity contribution in [3.05, 3.63) is 56.0 Å². The van der Waals surface area contributed by atoms with Crippen molar-refractivity contribution in [2.75, 3.05) is 14.2 Å². The minimum Gasteiger partial charge on any atom is -0.497 e. The van der Waals surface area contributed by atoms with Gasteiger partial charge in [0.15, 0.2) is 0 Å². The van der Waals surface area contributed by atoms with Crippen molar-refractivity contribution in [3.63, 3.8) is 0 Å². The number of benzene rings is 2. The zero-order valence-electron chi connectivity index (χ0n) is 12.3. The largest absolute Gasteiger partial charge is 0.497 e. The van der Waals surface area contributed by atoms with Crippen molar-refractivity contribution in [2.45, 2.75) is 13.8 Å². The highest BCUT2D eigenvalue weighted by molar-refractivity contribution is 9.10. The molecular formula is C16H17BrCl2O2. The predicted octanol–water partition coefficient (Wildman–Crippen LogP) is 6.08. The van der Waals surface area contributed by atoms with E-state index in [0.717, 1.165) is 37.1 Å². The number of ether oxygens (including phenoxy) is 2. The maximum atomic E-state index is 5.89. The molecule has 2 aromatic rings.